The summed E-state index contributed by atoms with van der Waals surface area (Å²) >= 11 is 6.59. The van der Waals surface area contributed by atoms with Crippen molar-refractivity contribution in [2.24, 2.45) is 7.05 Å². The zero-order valence-corrected chi connectivity index (χ0v) is 21.6. The molecule has 1 unspecified atom stereocenters. The number of aromatic nitrogens is 6. The molecule has 1 atom stereocenters. The van der Waals surface area contributed by atoms with E-state index in [9.17, 15) is 9.59 Å². The number of rotatable bonds is 6. The SMILES string of the molecule is Cc1cc(-c2[nH]ncc2C)c2cccc(OCc3c(Cl)ccnc3C(C)n3ccc(=O)n(C)c3=O)c2n1. The maximum absolute atomic E-state index is 12.7. The molecule has 37 heavy (non-hydrogen) atoms. The van der Waals surface area contributed by atoms with Crippen molar-refractivity contribution in [3.63, 3.8) is 0 Å². The molecule has 0 saturated carbocycles. The smallest absolute Gasteiger partial charge is 0.331 e. The van der Waals surface area contributed by atoms with E-state index < -0.39 is 11.7 Å². The van der Waals surface area contributed by atoms with Crippen LogP contribution in [0, 0.1) is 13.8 Å². The molecule has 1 aromatic carbocycles. The first-order valence-electron chi connectivity index (χ1n) is 11.7. The third-order valence-corrected chi connectivity index (χ3v) is 6.82. The number of aromatic amines is 1. The van der Waals surface area contributed by atoms with Gasteiger partial charge >= 0.3 is 5.69 Å². The molecule has 0 spiro atoms. The molecule has 0 amide bonds. The molecule has 4 heterocycles. The molecule has 0 aliphatic heterocycles. The number of hydrogen-bond donors (Lipinski definition) is 1. The van der Waals surface area contributed by atoms with Crippen LogP contribution in [-0.4, -0.2) is 29.3 Å². The lowest BCUT2D eigenvalue weighted by Crippen LogP contribution is -2.38. The Hall–Kier alpha value is -4.24. The van der Waals surface area contributed by atoms with Crippen LogP contribution in [-0.2, 0) is 13.7 Å². The third kappa shape index (κ3) is 4.42. The van der Waals surface area contributed by atoms with Gasteiger partial charge in [0, 0.05) is 47.7 Å². The molecule has 0 saturated heterocycles. The van der Waals surface area contributed by atoms with Gasteiger partial charge in [0.1, 0.15) is 17.9 Å². The summed E-state index contributed by atoms with van der Waals surface area (Å²) in [7, 11) is 1.44. The van der Waals surface area contributed by atoms with E-state index in [-0.39, 0.29) is 12.2 Å². The molecule has 4 aromatic heterocycles. The number of para-hydroxylation sites is 1. The van der Waals surface area contributed by atoms with E-state index >= 15 is 0 Å². The second-order valence-electron chi connectivity index (χ2n) is 8.92. The number of nitrogens with zero attached hydrogens (tertiary/aromatic N) is 5. The zero-order chi connectivity index (χ0) is 26.3. The number of benzene rings is 1. The first-order chi connectivity index (χ1) is 17.8. The van der Waals surface area contributed by atoms with Gasteiger partial charge in [-0.05, 0) is 44.5 Å². The second kappa shape index (κ2) is 9.67. The lowest BCUT2D eigenvalue weighted by molar-refractivity contribution is 0.306. The Morgan fingerprint density at radius 3 is 2.73 bits per heavy atom. The Morgan fingerprint density at radius 1 is 1.16 bits per heavy atom. The molecule has 0 fully saturated rings. The first-order valence-corrected chi connectivity index (χ1v) is 12.1. The predicted octanol–water partition coefficient (Wildman–Crippen LogP) is 4.34. The number of H-pyrrole nitrogens is 1. The minimum Gasteiger partial charge on any atom is -0.486 e. The Balaban J connectivity index is 1.54. The number of fused-ring (bicyclic) bond motifs is 1. The van der Waals surface area contributed by atoms with Gasteiger partial charge in [-0.3, -0.25) is 24.0 Å². The van der Waals surface area contributed by atoms with Crippen molar-refractivity contribution >= 4 is 22.5 Å². The van der Waals surface area contributed by atoms with E-state index in [2.05, 4.69) is 15.2 Å². The van der Waals surface area contributed by atoms with Gasteiger partial charge in [0.2, 0.25) is 0 Å². The highest BCUT2D eigenvalue weighted by Crippen LogP contribution is 2.34. The molecule has 188 valence electrons. The van der Waals surface area contributed by atoms with Crippen LogP contribution in [0.4, 0.5) is 0 Å². The molecule has 0 bridgehead atoms. The van der Waals surface area contributed by atoms with Crippen molar-refractivity contribution < 1.29 is 4.74 Å². The van der Waals surface area contributed by atoms with Crippen LogP contribution in [0.25, 0.3) is 22.2 Å². The Morgan fingerprint density at radius 2 is 1.97 bits per heavy atom. The highest BCUT2D eigenvalue weighted by molar-refractivity contribution is 6.31. The topological polar surface area (TPSA) is 108 Å². The minimum atomic E-state index is -0.487. The van der Waals surface area contributed by atoms with Crippen LogP contribution in [0.3, 0.4) is 0 Å². The van der Waals surface area contributed by atoms with E-state index in [1.165, 1.54) is 23.9 Å². The van der Waals surface area contributed by atoms with Crippen molar-refractivity contribution in [2.45, 2.75) is 33.4 Å². The van der Waals surface area contributed by atoms with Gasteiger partial charge in [0.05, 0.1) is 28.6 Å². The fourth-order valence-corrected chi connectivity index (χ4v) is 4.65. The monoisotopic (exact) mass is 516 g/mol. The summed E-state index contributed by atoms with van der Waals surface area (Å²) in [6.45, 7) is 5.88. The number of aryl methyl sites for hydroxylation is 2. The number of hydrogen-bond acceptors (Lipinski definition) is 6. The summed E-state index contributed by atoms with van der Waals surface area (Å²) in [4.78, 5) is 33.9. The quantitative estimate of drug-likeness (QED) is 0.360. The van der Waals surface area contributed by atoms with Gasteiger partial charge in [-0.1, -0.05) is 23.7 Å². The van der Waals surface area contributed by atoms with E-state index in [0.29, 0.717) is 22.0 Å². The Kier molecular flexibility index (Phi) is 6.39. The van der Waals surface area contributed by atoms with E-state index in [4.69, 9.17) is 21.3 Å². The number of ether oxygens (including phenoxy) is 1. The Labute approximate surface area is 217 Å². The number of pyridine rings is 2. The van der Waals surface area contributed by atoms with Crippen molar-refractivity contribution in [2.75, 3.05) is 0 Å². The van der Waals surface area contributed by atoms with Gasteiger partial charge in [-0.2, -0.15) is 5.10 Å². The van der Waals surface area contributed by atoms with Crippen molar-refractivity contribution in [1.29, 1.82) is 0 Å². The average Bonchev–Trinajstić information content (AvgIpc) is 3.31. The number of halogens is 1. The van der Waals surface area contributed by atoms with E-state index in [0.717, 1.165) is 38.0 Å². The largest absolute Gasteiger partial charge is 0.486 e. The lowest BCUT2D eigenvalue weighted by Gasteiger charge is -2.20. The van der Waals surface area contributed by atoms with Crippen LogP contribution < -0.4 is 16.0 Å². The van der Waals surface area contributed by atoms with Crippen LogP contribution in [0.2, 0.25) is 5.02 Å². The fourth-order valence-electron chi connectivity index (χ4n) is 4.44. The van der Waals surface area contributed by atoms with Crippen LogP contribution in [0.15, 0.2) is 64.6 Å². The molecule has 5 aromatic rings. The molecular weight excluding hydrogens is 492 g/mol. The van der Waals surface area contributed by atoms with Crippen molar-refractivity contribution in [3.8, 4) is 17.0 Å². The highest BCUT2D eigenvalue weighted by atomic mass is 35.5. The van der Waals surface area contributed by atoms with Crippen molar-refractivity contribution in [3.05, 3.63) is 103 Å². The molecule has 1 N–H and O–H groups in total. The summed E-state index contributed by atoms with van der Waals surface area (Å²) in [6, 6.07) is 10.4. The van der Waals surface area contributed by atoms with Gasteiger partial charge in [-0.15, -0.1) is 0 Å². The second-order valence-corrected chi connectivity index (χ2v) is 9.32. The van der Waals surface area contributed by atoms with E-state index in [1.54, 1.807) is 18.5 Å². The average molecular weight is 517 g/mol. The van der Waals surface area contributed by atoms with E-state index in [1.807, 2.05) is 45.0 Å². The van der Waals surface area contributed by atoms with Crippen LogP contribution >= 0.6 is 11.6 Å². The lowest BCUT2D eigenvalue weighted by atomic mass is 10.0. The van der Waals surface area contributed by atoms with Gasteiger partial charge in [0.15, 0.2) is 0 Å². The highest BCUT2D eigenvalue weighted by Gasteiger charge is 2.20. The summed E-state index contributed by atoms with van der Waals surface area (Å²) < 4.78 is 8.79. The Bertz CT molecular complexity index is 1750. The summed E-state index contributed by atoms with van der Waals surface area (Å²) in [6.07, 6.45) is 4.85. The third-order valence-electron chi connectivity index (χ3n) is 6.46. The van der Waals surface area contributed by atoms with Crippen LogP contribution in [0.1, 0.15) is 35.5 Å². The molecular formula is C27H25ClN6O3. The normalized spacial score (nSPS) is 12.1. The molecule has 0 radical (unpaired) electrons. The fraction of sp³-hybridized carbons (Fsp3) is 0.222. The van der Waals surface area contributed by atoms with Gasteiger partial charge in [-0.25, -0.2) is 9.78 Å². The summed E-state index contributed by atoms with van der Waals surface area (Å²) in [5, 5.41) is 8.64. The van der Waals surface area contributed by atoms with Gasteiger partial charge < -0.3 is 4.74 Å². The van der Waals surface area contributed by atoms with Crippen LogP contribution in [0.5, 0.6) is 5.75 Å². The summed E-state index contributed by atoms with van der Waals surface area (Å²) in [5.41, 5.74) is 4.92. The molecule has 5 rings (SSSR count). The minimum absolute atomic E-state index is 0.111. The maximum Gasteiger partial charge on any atom is 0.331 e. The van der Waals surface area contributed by atoms with Crippen molar-refractivity contribution in [1.82, 2.24) is 29.3 Å². The molecule has 0 aliphatic rings. The maximum atomic E-state index is 12.7. The molecule has 0 aliphatic carbocycles. The first kappa shape index (κ1) is 24.5. The standard InChI is InChI=1S/C27H25ClN6O3/c1-15-13-30-32-24(15)19-12-16(2)31-26-18(19)6-5-7-22(26)37-14-20-21(28)8-10-29-25(20)17(3)34-11-9-23(35)33(4)27(34)36/h5-13,17H,14H2,1-4H3,(H,30,32). The molecule has 10 heteroatoms. The zero-order valence-electron chi connectivity index (χ0n) is 20.8. The number of nitrogens with one attached hydrogen (secondary N) is 1. The summed E-state index contributed by atoms with van der Waals surface area (Å²) in [5.74, 6) is 0.595. The molecule has 9 nitrogen and oxygen atoms in total. The van der Waals surface area contributed by atoms with Gasteiger partial charge in [0.25, 0.3) is 5.56 Å². The predicted molar refractivity (Wildman–Crippen MR) is 142 cm³/mol.